The van der Waals surface area contributed by atoms with Crippen LogP contribution in [-0.4, -0.2) is 19.2 Å². The molecular weight excluding hydrogens is 381 g/mol. The Kier molecular flexibility index (Phi) is 4.28. The summed E-state index contributed by atoms with van der Waals surface area (Å²) in [6.07, 6.45) is 0.756. The van der Waals surface area contributed by atoms with Crippen LogP contribution in [0.5, 0.6) is 11.5 Å². The molecular formula is C16H14INO3. The van der Waals surface area contributed by atoms with Crippen LogP contribution in [0.3, 0.4) is 0 Å². The molecule has 0 fully saturated rings. The van der Waals surface area contributed by atoms with Crippen LogP contribution >= 0.6 is 22.6 Å². The summed E-state index contributed by atoms with van der Waals surface area (Å²) < 4.78 is 11.7. The van der Waals surface area contributed by atoms with Gasteiger partial charge in [-0.15, -0.1) is 0 Å². The third-order valence-electron chi connectivity index (χ3n) is 3.22. The van der Waals surface area contributed by atoms with Crippen molar-refractivity contribution in [1.82, 2.24) is 5.32 Å². The van der Waals surface area contributed by atoms with Crippen LogP contribution < -0.4 is 14.8 Å². The number of ether oxygens (including phenoxy) is 2. The number of hydrogen-bond donors (Lipinski definition) is 1. The van der Waals surface area contributed by atoms with E-state index < -0.39 is 0 Å². The molecule has 108 valence electrons. The molecule has 0 unspecified atom stereocenters. The Morgan fingerprint density at radius 2 is 2.00 bits per heavy atom. The van der Waals surface area contributed by atoms with Gasteiger partial charge in [0.05, 0.1) is 0 Å². The quantitative estimate of drug-likeness (QED) is 0.810. The minimum atomic E-state index is -0.0470. The van der Waals surface area contributed by atoms with Gasteiger partial charge in [0, 0.05) is 15.7 Å². The van der Waals surface area contributed by atoms with Crippen LogP contribution in [0.15, 0.2) is 42.5 Å². The lowest BCUT2D eigenvalue weighted by Gasteiger charge is -2.06. The highest BCUT2D eigenvalue weighted by Gasteiger charge is 2.13. The van der Waals surface area contributed by atoms with Crippen molar-refractivity contribution in [2.45, 2.75) is 6.42 Å². The minimum absolute atomic E-state index is 0.0470. The molecule has 4 nitrogen and oxygen atoms in total. The Balaban J connectivity index is 1.55. The molecule has 1 heterocycles. The first-order valence-electron chi connectivity index (χ1n) is 6.65. The third kappa shape index (κ3) is 3.47. The average molecular weight is 395 g/mol. The zero-order valence-electron chi connectivity index (χ0n) is 11.3. The molecule has 0 spiro atoms. The molecule has 0 saturated carbocycles. The van der Waals surface area contributed by atoms with Gasteiger partial charge >= 0.3 is 0 Å². The van der Waals surface area contributed by atoms with Crippen LogP contribution in [0.2, 0.25) is 0 Å². The van der Waals surface area contributed by atoms with Crippen molar-refractivity contribution < 1.29 is 14.3 Å². The van der Waals surface area contributed by atoms with Crippen molar-refractivity contribution in [3.05, 3.63) is 57.2 Å². The number of carbonyl (C=O) groups is 1. The fraction of sp³-hybridized carbons (Fsp3) is 0.188. The van der Waals surface area contributed by atoms with Crippen molar-refractivity contribution in [3.63, 3.8) is 0 Å². The molecule has 0 bridgehead atoms. The molecule has 0 aromatic heterocycles. The fourth-order valence-electron chi connectivity index (χ4n) is 2.15. The zero-order chi connectivity index (χ0) is 14.7. The van der Waals surface area contributed by atoms with E-state index in [-0.39, 0.29) is 12.7 Å². The zero-order valence-corrected chi connectivity index (χ0v) is 13.4. The maximum atomic E-state index is 12.0. The maximum absolute atomic E-state index is 12.0. The number of rotatable bonds is 4. The van der Waals surface area contributed by atoms with Gasteiger partial charge in [0.2, 0.25) is 6.79 Å². The lowest BCUT2D eigenvalue weighted by Crippen LogP contribution is -2.25. The third-order valence-corrected chi connectivity index (χ3v) is 3.89. The highest BCUT2D eigenvalue weighted by molar-refractivity contribution is 14.1. The van der Waals surface area contributed by atoms with Crippen molar-refractivity contribution in [1.29, 1.82) is 0 Å². The van der Waals surface area contributed by atoms with Crippen molar-refractivity contribution >= 4 is 28.5 Å². The van der Waals surface area contributed by atoms with Crippen molar-refractivity contribution in [2.24, 2.45) is 0 Å². The van der Waals surface area contributed by atoms with E-state index >= 15 is 0 Å². The van der Waals surface area contributed by atoms with Gasteiger partial charge in [-0.25, -0.2) is 0 Å². The van der Waals surface area contributed by atoms with Crippen LogP contribution in [0, 0.1) is 3.57 Å². The molecule has 1 amide bonds. The van der Waals surface area contributed by atoms with Gasteiger partial charge in [0.1, 0.15) is 0 Å². The molecule has 1 N–H and O–H groups in total. The second kappa shape index (κ2) is 6.34. The molecule has 2 aromatic rings. The first-order chi connectivity index (χ1) is 10.2. The summed E-state index contributed by atoms with van der Waals surface area (Å²) in [5.74, 6) is 1.51. The van der Waals surface area contributed by atoms with Gasteiger partial charge in [-0.1, -0.05) is 12.1 Å². The lowest BCUT2D eigenvalue weighted by atomic mass is 10.1. The second-order valence-corrected chi connectivity index (χ2v) is 5.95. The highest BCUT2D eigenvalue weighted by atomic mass is 127. The molecule has 3 rings (SSSR count). The minimum Gasteiger partial charge on any atom is -0.454 e. The molecule has 1 aliphatic heterocycles. The fourth-order valence-corrected chi connectivity index (χ4v) is 2.69. The normalized spacial score (nSPS) is 12.2. The van der Waals surface area contributed by atoms with E-state index in [1.807, 2.05) is 42.5 Å². The summed E-state index contributed by atoms with van der Waals surface area (Å²) in [4.78, 5) is 12.0. The molecule has 1 aliphatic rings. The standard InChI is InChI=1S/C16H14INO3/c17-13-3-1-2-12(9-13)16(19)18-7-6-11-4-5-14-15(8-11)21-10-20-14/h1-5,8-9H,6-7,10H2,(H,18,19). The molecule has 5 heteroatoms. The smallest absolute Gasteiger partial charge is 0.251 e. The number of hydrogen-bond acceptors (Lipinski definition) is 3. The summed E-state index contributed by atoms with van der Waals surface area (Å²) in [5, 5.41) is 2.93. The van der Waals surface area contributed by atoms with E-state index in [0.717, 1.165) is 27.1 Å². The molecule has 0 aliphatic carbocycles. The van der Waals surface area contributed by atoms with Crippen molar-refractivity contribution in [3.8, 4) is 11.5 Å². The van der Waals surface area contributed by atoms with Crippen LogP contribution in [0.1, 0.15) is 15.9 Å². The SMILES string of the molecule is O=C(NCCc1ccc2c(c1)OCO2)c1cccc(I)c1. The van der Waals surface area contributed by atoms with E-state index in [4.69, 9.17) is 9.47 Å². The monoisotopic (exact) mass is 395 g/mol. The maximum Gasteiger partial charge on any atom is 0.251 e. The number of amides is 1. The molecule has 0 saturated heterocycles. The molecule has 0 radical (unpaired) electrons. The van der Waals surface area contributed by atoms with E-state index in [9.17, 15) is 4.79 Å². The second-order valence-electron chi connectivity index (χ2n) is 4.70. The Bertz CT molecular complexity index is 672. The number of benzene rings is 2. The van der Waals surface area contributed by atoms with E-state index in [0.29, 0.717) is 12.1 Å². The van der Waals surface area contributed by atoms with Crippen LogP contribution in [0.25, 0.3) is 0 Å². The largest absolute Gasteiger partial charge is 0.454 e. The predicted molar refractivity (Wildman–Crippen MR) is 87.8 cm³/mol. The summed E-state index contributed by atoms with van der Waals surface area (Å²) in [7, 11) is 0. The molecule has 21 heavy (non-hydrogen) atoms. The Hall–Kier alpha value is -1.76. The van der Waals surface area contributed by atoms with E-state index in [1.165, 1.54) is 0 Å². The lowest BCUT2D eigenvalue weighted by molar-refractivity contribution is 0.0954. The first kappa shape index (κ1) is 14.2. The summed E-state index contributed by atoms with van der Waals surface area (Å²) in [6, 6.07) is 13.4. The molecule has 0 atom stereocenters. The van der Waals surface area contributed by atoms with Crippen LogP contribution in [0.4, 0.5) is 0 Å². The van der Waals surface area contributed by atoms with Gasteiger partial charge in [-0.3, -0.25) is 4.79 Å². The Morgan fingerprint density at radius 3 is 2.86 bits per heavy atom. The number of fused-ring (bicyclic) bond motifs is 1. The van der Waals surface area contributed by atoms with Gasteiger partial charge in [-0.2, -0.15) is 0 Å². The average Bonchev–Trinajstić information content (AvgIpc) is 2.94. The topological polar surface area (TPSA) is 47.6 Å². The van der Waals surface area contributed by atoms with Gasteiger partial charge < -0.3 is 14.8 Å². The highest BCUT2D eigenvalue weighted by Crippen LogP contribution is 2.32. The number of nitrogens with one attached hydrogen (secondary N) is 1. The predicted octanol–water partition coefficient (Wildman–Crippen LogP) is 2.99. The van der Waals surface area contributed by atoms with Gasteiger partial charge in [0.25, 0.3) is 5.91 Å². The van der Waals surface area contributed by atoms with E-state index in [2.05, 4.69) is 27.9 Å². The Labute approximate surface area is 136 Å². The summed E-state index contributed by atoms with van der Waals surface area (Å²) >= 11 is 2.20. The van der Waals surface area contributed by atoms with E-state index in [1.54, 1.807) is 0 Å². The number of carbonyl (C=O) groups excluding carboxylic acids is 1. The number of halogens is 1. The summed E-state index contributed by atoms with van der Waals surface area (Å²) in [6.45, 7) is 0.867. The van der Waals surface area contributed by atoms with Crippen LogP contribution in [-0.2, 0) is 6.42 Å². The van der Waals surface area contributed by atoms with Gasteiger partial charge in [-0.05, 0) is 64.9 Å². The first-order valence-corrected chi connectivity index (χ1v) is 7.72. The molecule has 2 aromatic carbocycles. The van der Waals surface area contributed by atoms with Gasteiger partial charge in [0.15, 0.2) is 11.5 Å². The summed E-state index contributed by atoms with van der Waals surface area (Å²) in [5.41, 5.74) is 1.80. The Morgan fingerprint density at radius 1 is 1.14 bits per heavy atom. The van der Waals surface area contributed by atoms with Crippen molar-refractivity contribution in [2.75, 3.05) is 13.3 Å².